The summed E-state index contributed by atoms with van der Waals surface area (Å²) in [6.45, 7) is 0. The minimum Gasteiger partial charge on any atom is -0.343 e. The van der Waals surface area contributed by atoms with E-state index in [9.17, 15) is 0 Å². The number of para-hydroxylation sites is 4. The maximum Gasteiger partial charge on any atom is 0.155 e. The predicted molar refractivity (Wildman–Crippen MR) is 219 cm³/mol. The smallest absolute Gasteiger partial charge is 0.155 e. The van der Waals surface area contributed by atoms with E-state index in [0.717, 1.165) is 33.9 Å². The van der Waals surface area contributed by atoms with Crippen molar-refractivity contribution < 1.29 is 0 Å². The van der Waals surface area contributed by atoms with Crippen LogP contribution in [-0.4, -0.2) is 26.1 Å². The van der Waals surface area contributed by atoms with Crippen LogP contribution in [0.25, 0.3) is 71.7 Å². The highest BCUT2D eigenvalue weighted by Crippen LogP contribution is 2.37. The van der Waals surface area contributed by atoms with E-state index in [1.54, 1.807) is 0 Å². The zero-order valence-corrected chi connectivity index (χ0v) is 28.8. The molecule has 5 heteroatoms. The van der Waals surface area contributed by atoms with Gasteiger partial charge in [-0.15, -0.1) is 0 Å². The number of fused-ring (bicyclic) bond motifs is 7. The van der Waals surface area contributed by atoms with Gasteiger partial charge < -0.3 is 14.5 Å². The molecule has 53 heavy (non-hydrogen) atoms. The first kappa shape index (κ1) is 29.6. The number of allylic oxidation sites excluding steroid dienone is 2. The van der Waals surface area contributed by atoms with Gasteiger partial charge in [-0.2, -0.15) is 5.10 Å². The molecular weight excluding hydrogens is 647 g/mol. The average Bonchev–Trinajstić information content (AvgIpc) is 3.92. The molecule has 1 atom stereocenters. The minimum absolute atomic E-state index is 0.114. The summed E-state index contributed by atoms with van der Waals surface area (Å²) in [7, 11) is 0. The van der Waals surface area contributed by atoms with Crippen molar-refractivity contribution in [3.8, 4) is 22.5 Å². The van der Waals surface area contributed by atoms with Gasteiger partial charge in [-0.25, -0.2) is 5.01 Å². The number of amidine groups is 1. The van der Waals surface area contributed by atoms with Crippen molar-refractivity contribution in [2.45, 2.75) is 6.17 Å². The summed E-state index contributed by atoms with van der Waals surface area (Å²) in [6, 6.07) is 61.0. The third-order valence-electron chi connectivity index (χ3n) is 10.7. The third-order valence-corrected chi connectivity index (χ3v) is 10.7. The lowest BCUT2D eigenvalue weighted by Gasteiger charge is -2.26. The Labute approximate surface area is 306 Å². The fourth-order valence-corrected chi connectivity index (χ4v) is 8.34. The second-order valence-electron chi connectivity index (χ2n) is 13.8. The highest BCUT2D eigenvalue weighted by atomic mass is 15.6. The Hall–Kier alpha value is -7.11. The number of benzene rings is 7. The van der Waals surface area contributed by atoms with E-state index in [0.29, 0.717) is 0 Å². The predicted octanol–water partition coefficient (Wildman–Crippen LogP) is 11.1. The van der Waals surface area contributed by atoms with E-state index in [1.807, 2.05) is 11.2 Å². The molecule has 5 nitrogen and oxygen atoms in total. The van der Waals surface area contributed by atoms with Gasteiger partial charge in [-0.05, 0) is 83.4 Å². The van der Waals surface area contributed by atoms with Crippen molar-refractivity contribution in [3.63, 3.8) is 0 Å². The summed E-state index contributed by atoms with van der Waals surface area (Å²) in [5.41, 5.74) is 12.8. The van der Waals surface area contributed by atoms with Gasteiger partial charge in [0.1, 0.15) is 6.17 Å². The van der Waals surface area contributed by atoms with Gasteiger partial charge in [0.2, 0.25) is 0 Å². The quantitative estimate of drug-likeness (QED) is 0.197. The molecule has 1 N–H and O–H groups in total. The number of hydrogen-bond donors (Lipinski definition) is 1. The lowest BCUT2D eigenvalue weighted by molar-refractivity contribution is 0.359. The van der Waals surface area contributed by atoms with E-state index in [1.165, 1.54) is 54.7 Å². The molecular formula is C48H33N5. The van der Waals surface area contributed by atoms with Crippen molar-refractivity contribution in [2.75, 3.05) is 0 Å². The van der Waals surface area contributed by atoms with Crippen LogP contribution in [0.5, 0.6) is 0 Å². The zero-order valence-electron chi connectivity index (χ0n) is 28.8. The highest BCUT2D eigenvalue weighted by molar-refractivity contribution is 6.11. The van der Waals surface area contributed by atoms with Gasteiger partial charge in [0.15, 0.2) is 5.84 Å². The Kier molecular flexibility index (Phi) is 6.55. The van der Waals surface area contributed by atoms with E-state index in [2.05, 4.69) is 196 Å². The Morgan fingerprint density at radius 2 is 1.00 bits per heavy atom. The van der Waals surface area contributed by atoms with Crippen molar-refractivity contribution in [1.29, 1.82) is 0 Å². The molecule has 250 valence electrons. The Morgan fingerprint density at radius 3 is 1.74 bits per heavy atom. The third kappa shape index (κ3) is 4.68. The Balaban J connectivity index is 0.925. The molecule has 1 unspecified atom stereocenters. The lowest BCUT2D eigenvalue weighted by Crippen LogP contribution is -2.38. The Morgan fingerprint density at radius 1 is 0.434 bits per heavy atom. The monoisotopic (exact) mass is 679 g/mol. The summed E-state index contributed by atoms with van der Waals surface area (Å²) in [6.07, 6.45) is 6.24. The molecule has 0 amide bonds. The zero-order chi connectivity index (χ0) is 34.9. The van der Waals surface area contributed by atoms with Crippen LogP contribution in [0.1, 0.15) is 11.1 Å². The molecule has 2 aromatic heterocycles. The summed E-state index contributed by atoms with van der Waals surface area (Å²) in [5.74, 6) is 0.856. The molecule has 2 aliphatic rings. The van der Waals surface area contributed by atoms with Gasteiger partial charge >= 0.3 is 0 Å². The molecule has 0 bridgehead atoms. The molecule has 11 rings (SSSR count). The summed E-state index contributed by atoms with van der Waals surface area (Å²) in [5, 5.41) is 15.9. The molecule has 7 aromatic carbocycles. The molecule has 4 heterocycles. The van der Waals surface area contributed by atoms with Crippen LogP contribution in [-0.2, 0) is 0 Å². The maximum atomic E-state index is 5.08. The lowest BCUT2D eigenvalue weighted by atomic mass is 9.98. The van der Waals surface area contributed by atoms with Gasteiger partial charge in [-0.1, -0.05) is 115 Å². The molecule has 0 saturated carbocycles. The van der Waals surface area contributed by atoms with Crippen LogP contribution in [0.4, 0.5) is 0 Å². The largest absolute Gasteiger partial charge is 0.343 e. The molecule has 0 radical (unpaired) electrons. The van der Waals surface area contributed by atoms with Crippen LogP contribution in [0.3, 0.4) is 0 Å². The molecule has 0 spiro atoms. The normalized spacial score (nSPS) is 15.2. The number of aromatic nitrogens is 2. The van der Waals surface area contributed by atoms with E-state index >= 15 is 0 Å². The maximum absolute atomic E-state index is 5.08. The first-order chi connectivity index (χ1) is 26.3. The number of rotatable bonds is 5. The SMILES string of the molecule is C1=CN2N=C(c3cccc(-c4cccc(-n5c6ccccc6c6ccccc65)c4)c3)NC2C(c2ccc3c(c2)c2ccccc2n3-c2ccccc2)=C1. The summed E-state index contributed by atoms with van der Waals surface area (Å²) < 4.78 is 4.73. The first-order valence-electron chi connectivity index (χ1n) is 18.1. The number of hydrogen-bond acceptors (Lipinski definition) is 3. The second kappa shape index (κ2) is 11.7. The molecule has 2 aliphatic heterocycles. The molecule has 0 aliphatic carbocycles. The second-order valence-corrected chi connectivity index (χ2v) is 13.8. The summed E-state index contributed by atoms with van der Waals surface area (Å²) >= 11 is 0. The van der Waals surface area contributed by atoms with Crippen LogP contribution in [0, 0.1) is 0 Å². The van der Waals surface area contributed by atoms with Crippen LogP contribution < -0.4 is 5.32 Å². The van der Waals surface area contributed by atoms with Crippen molar-refractivity contribution in [2.24, 2.45) is 5.10 Å². The fourth-order valence-electron chi connectivity index (χ4n) is 8.34. The van der Waals surface area contributed by atoms with Gasteiger partial charge in [0, 0.05) is 50.3 Å². The number of nitrogens with one attached hydrogen (secondary N) is 1. The minimum atomic E-state index is -0.114. The molecule has 0 fully saturated rings. The van der Waals surface area contributed by atoms with Crippen molar-refractivity contribution >= 4 is 55.0 Å². The Bertz CT molecular complexity index is 2940. The van der Waals surface area contributed by atoms with Crippen molar-refractivity contribution in [3.05, 3.63) is 199 Å². The van der Waals surface area contributed by atoms with E-state index in [4.69, 9.17) is 5.10 Å². The standard InChI is InChI=1S/C48H33N5/c1-2-16-36(17-3-1)52-45-25-9-6-21-41(45)42-31-34(26-27-46(42)52)38-22-12-28-51-48(38)49-47(50-51)35-15-10-13-32(29-35)33-14-11-18-37(30-33)53-43-23-7-4-19-39(43)40-20-5-8-24-44(40)53/h1-31,48H,(H,49,50). The van der Waals surface area contributed by atoms with Gasteiger partial charge in [-0.3, -0.25) is 0 Å². The van der Waals surface area contributed by atoms with Gasteiger partial charge in [0.05, 0.1) is 22.1 Å². The van der Waals surface area contributed by atoms with Gasteiger partial charge in [0.25, 0.3) is 0 Å². The highest BCUT2D eigenvalue weighted by Gasteiger charge is 2.31. The summed E-state index contributed by atoms with van der Waals surface area (Å²) in [4.78, 5) is 0. The van der Waals surface area contributed by atoms with E-state index in [-0.39, 0.29) is 6.17 Å². The number of hydrazone groups is 1. The fraction of sp³-hybridized carbons (Fsp3) is 0.0208. The molecule has 9 aromatic rings. The van der Waals surface area contributed by atoms with Crippen molar-refractivity contribution in [1.82, 2.24) is 19.5 Å². The first-order valence-corrected chi connectivity index (χ1v) is 18.1. The van der Waals surface area contributed by atoms with E-state index < -0.39 is 0 Å². The molecule has 0 saturated heterocycles. The van der Waals surface area contributed by atoms with Crippen LogP contribution >= 0.6 is 0 Å². The average molecular weight is 680 g/mol. The van der Waals surface area contributed by atoms with Crippen LogP contribution in [0.15, 0.2) is 193 Å². The van der Waals surface area contributed by atoms with Crippen LogP contribution in [0.2, 0.25) is 0 Å². The topological polar surface area (TPSA) is 37.5 Å². The number of nitrogens with zero attached hydrogens (tertiary/aromatic N) is 4.